The lowest BCUT2D eigenvalue weighted by Crippen LogP contribution is -2.38. The maximum absolute atomic E-state index is 12.0. The lowest BCUT2D eigenvalue weighted by Gasteiger charge is -2.24. The molecule has 0 heterocycles. The second-order valence-corrected chi connectivity index (χ2v) is 4.29. The Morgan fingerprint density at radius 2 is 2.27 bits per heavy atom. The molecular formula is C11H22N2O2. The summed E-state index contributed by atoms with van der Waals surface area (Å²) in [6.07, 6.45) is 3.24. The molecule has 0 saturated heterocycles. The second kappa shape index (κ2) is 6.08. The third-order valence-electron chi connectivity index (χ3n) is 3.29. The summed E-state index contributed by atoms with van der Waals surface area (Å²) in [6.45, 7) is 1.90. The van der Waals surface area contributed by atoms with Crippen LogP contribution >= 0.6 is 0 Å². The molecule has 0 aromatic rings. The second-order valence-electron chi connectivity index (χ2n) is 4.29. The van der Waals surface area contributed by atoms with Crippen molar-refractivity contribution in [2.24, 2.45) is 17.6 Å². The zero-order chi connectivity index (χ0) is 11.3. The number of carbonyl (C=O) groups excluding carboxylic acids is 1. The fourth-order valence-electron chi connectivity index (χ4n) is 2.27. The van der Waals surface area contributed by atoms with Crippen LogP contribution in [-0.2, 0) is 9.53 Å². The highest BCUT2D eigenvalue weighted by Gasteiger charge is 2.33. The summed E-state index contributed by atoms with van der Waals surface area (Å²) in [4.78, 5) is 13.8. The fraction of sp³-hybridized carbons (Fsp3) is 0.909. The molecule has 1 amide bonds. The molecule has 0 aromatic carbocycles. The van der Waals surface area contributed by atoms with Gasteiger partial charge < -0.3 is 15.4 Å². The van der Waals surface area contributed by atoms with Gasteiger partial charge in [0.25, 0.3) is 0 Å². The van der Waals surface area contributed by atoms with Gasteiger partial charge in [-0.05, 0) is 25.3 Å². The predicted molar refractivity (Wildman–Crippen MR) is 59.4 cm³/mol. The van der Waals surface area contributed by atoms with E-state index >= 15 is 0 Å². The summed E-state index contributed by atoms with van der Waals surface area (Å²) < 4.78 is 4.96. The maximum Gasteiger partial charge on any atom is 0.225 e. The quantitative estimate of drug-likeness (QED) is 0.723. The molecule has 0 bridgehead atoms. The van der Waals surface area contributed by atoms with E-state index < -0.39 is 0 Å². The molecule has 88 valence electrons. The fourth-order valence-corrected chi connectivity index (χ4v) is 2.27. The van der Waals surface area contributed by atoms with Crippen LogP contribution in [0.3, 0.4) is 0 Å². The van der Waals surface area contributed by atoms with Crippen LogP contribution in [0.4, 0.5) is 0 Å². The van der Waals surface area contributed by atoms with Crippen molar-refractivity contribution in [1.29, 1.82) is 0 Å². The first kappa shape index (κ1) is 12.5. The Kier molecular flexibility index (Phi) is 5.05. The average Bonchev–Trinajstić information content (AvgIpc) is 2.72. The molecule has 4 nitrogen and oxygen atoms in total. The molecule has 1 saturated carbocycles. The first-order valence-electron chi connectivity index (χ1n) is 5.64. The van der Waals surface area contributed by atoms with E-state index in [4.69, 9.17) is 10.5 Å². The summed E-state index contributed by atoms with van der Waals surface area (Å²) in [5.74, 6) is 0.777. The van der Waals surface area contributed by atoms with E-state index in [2.05, 4.69) is 0 Å². The monoisotopic (exact) mass is 214 g/mol. The largest absolute Gasteiger partial charge is 0.383 e. The lowest BCUT2D eigenvalue weighted by atomic mass is 9.95. The standard InChI is InChI=1S/C11H22N2O2/c1-13(6-7-15-2)11(14)10-5-3-4-9(10)8-12/h9-10H,3-8,12H2,1-2H3/t9-,10-/m1/s1. The number of likely N-dealkylation sites (N-methyl/N-ethyl adjacent to an activating group) is 1. The van der Waals surface area contributed by atoms with Gasteiger partial charge in [-0.3, -0.25) is 4.79 Å². The van der Waals surface area contributed by atoms with Gasteiger partial charge in [-0.1, -0.05) is 6.42 Å². The minimum absolute atomic E-state index is 0.150. The molecule has 15 heavy (non-hydrogen) atoms. The third-order valence-corrected chi connectivity index (χ3v) is 3.29. The van der Waals surface area contributed by atoms with Crippen LogP contribution in [0.5, 0.6) is 0 Å². The third kappa shape index (κ3) is 3.18. The molecule has 0 spiro atoms. The lowest BCUT2D eigenvalue weighted by molar-refractivity contribution is -0.135. The number of nitrogens with two attached hydrogens (primary N) is 1. The van der Waals surface area contributed by atoms with E-state index in [-0.39, 0.29) is 11.8 Å². The van der Waals surface area contributed by atoms with Crippen LogP contribution in [-0.4, -0.2) is 44.7 Å². The van der Waals surface area contributed by atoms with E-state index in [1.807, 2.05) is 7.05 Å². The van der Waals surface area contributed by atoms with Gasteiger partial charge in [-0.25, -0.2) is 0 Å². The average molecular weight is 214 g/mol. The Labute approximate surface area is 91.8 Å². The number of carbonyl (C=O) groups is 1. The van der Waals surface area contributed by atoms with E-state index in [9.17, 15) is 4.79 Å². The molecule has 1 aliphatic carbocycles. The van der Waals surface area contributed by atoms with Gasteiger partial charge in [0.2, 0.25) is 5.91 Å². The van der Waals surface area contributed by atoms with Gasteiger partial charge in [0, 0.05) is 26.6 Å². The Morgan fingerprint density at radius 3 is 2.87 bits per heavy atom. The van der Waals surface area contributed by atoms with Crippen molar-refractivity contribution in [3.63, 3.8) is 0 Å². The Hall–Kier alpha value is -0.610. The number of hydrogen-bond acceptors (Lipinski definition) is 3. The van der Waals surface area contributed by atoms with E-state index in [1.54, 1.807) is 12.0 Å². The Balaban J connectivity index is 2.44. The van der Waals surface area contributed by atoms with Crippen LogP contribution in [0.15, 0.2) is 0 Å². The van der Waals surface area contributed by atoms with Crippen molar-refractivity contribution < 1.29 is 9.53 Å². The van der Waals surface area contributed by atoms with Crippen LogP contribution in [0, 0.1) is 11.8 Å². The minimum atomic E-state index is 0.150. The molecule has 4 heteroatoms. The van der Waals surface area contributed by atoms with Crippen molar-refractivity contribution in [1.82, 2.24) is 4.90 Å². The molecule has 2 atom stereocenters. The van der Waals surface area contributed by atoms with E-state index in [0.717, 1.165) is 19.3 Å². The Morgan fingerprint density at radius 1 is 1.53 bits per heavy atom. The van der Waals surface area contributed by atoms with E-state index in [0.29, 0.717) is 25.6 Å². The summed E-state index contributed by atoms with van der Waals surface area (Å²) in [5.41, 5.74) is 5.67. The van der Waals surface area contributed by atoms with Crippen molar-refractivity contribution >= 4 is 5.91 Å². The van der Waals surface area contributed by atoms with Crippen molar-refractivity contribution in [2.75, 3.05) is 33.9 Å². The van der Waals surface area contributed by atoms with Gasteiger partial charge in [0.05, 0.1) is 6.61 Å². The van der Waals surface area contributed by atoms with Gasteiger partial charge in [-0.15, -0.1) is 0 Å². The Bertz CT molecular complexity index is 209. The molecule has 0 radical (unpaired) electrons. The minimum Gasteiger partial charge on any atom is -0.383 e. The van der Waals surface area contributed by atoms with Crippen LogP contribution in [0.2, 0.25) is 0 Å². The smallest absolute Gasteiger partial charge is 0.225 e. The predicted octanol–water partition coefficient (Wildman–Crippen LogP) is 0.466. The number of nitrogens with zero attached hydrogens (tertiary/aromatic N) is 1. The van der Waals surface area contributed by atoms with Gasteiger partial charge in [0.1, 0.15) is 0 Å². The van der Waals surface area contributed by atoms with Gasteiger partial charge in [-0.2, -0.15) is 0 Å². The SMILES string of the molecule is COCCN(C)C(=O)[C@@H]1CCC[C@@H]1CN. The van der Waals surface area contributed by atoms with Crippen LogP contribution in [0.1, 0.15) is 19.3 Å². The first-order chi connectivity index (χ1) is 7.20. The highest BCUT2D eigenvalue weighted by Crippen LogP contribution is 2.32. The number of ether oxygens (including phenoxy) is 1. The molecule has 2 N–H and O–H groups in total. The molecule has 0 aromatic heterocycles. The number of hydrogen-bond donors (Lipinski definition) is 1. The summed E-state index contributed by atoms with van der Waals surface area (Å²) in [6, 6.07) is 0. The summed E-state index contributed by atoms with van der Waals surface area (Å²) in [5, 5.41) is 0. The molecule has 1 aliphatic rings. The van der Waals surface area contributed by atoms with Crippen molar-refractivity contribution in [3.8, 4) is 0 Å². The molecule has 1 rings (SSSR count). The summed E-state index contributed by atoms with van der Waals surface area (Å²) in [7, 11) is 3.49. The maximum atomic E-state index is 12.0. The van der Waals surface area contributed by atoms with Gasteiger partial charge in [0.15, 0.2) is 0 Å². The zero-order valence-corrected chi connectivity index (χ0v) is 9.74. The van der Waals surface area contributed by atoms with Crippen molar-refractivity contribution in [3.05, 3.63) is 0 Å². The highest BCUT2D eigenvalue weighted by atomic mass is 16.5. The first-order valence-corrected chi connectivity index (χ1v) is 5.64. The number of amides is 1. The van der Waals surface area contributed by atoms with Crippen LogP contribution in [0.25, 0.3) is 0 Å². The van der Waals surface area contributed by atoms with E-state index in [1.165, 1.54) is 0 Å². The molecule has 0 unspecified atom stereocenters. The van der Waals surface area contributed by atoms with Gasteiger partial charge >= 0.3 is 0 Å². The number of methoxy groups -OCH3 is 1. The zero-order valence-electron chi connectivity index (χ0n) is 9.74. The topological polar surface area (TPSA) is 55.6 Å². The molecular weight excluding hydrogens is 192 g/mol. The highest BCUT2D eigenvalue weighted by molar-refractivity contribution is 5.79. The summed E-state index contributed by atoms with van der Waals surface area (Å²) >= 11 is 0. The molecule has 1 fully saturated rings. The normalized spacial score (nSPS) is 25.5. The van der Waals surface area contributed by atoms with Crippen molar-refractivity contribution in [2.45, 2.75) is 19.3 Å². The van der Waals surface area contributed by atoms with Crippen LogP contribution < -0.4 is 5.73 Å². The number of rotatable bonds is 5. The molecule has 0 aliphatic heterocycles.